The predicted molar refractivity (Wildman–Crippen MR) is 136 cm³/mol. The van der Waals surface area contributed by atoms with Gasteiger partial charge < -0.3 is 9.40 Å². The van der Waals surface area contributed by atoms with Crippen LogP contribution >= 0.6 is 11.3 Å². The van der Waals surface area contributed by atoms with Gasteiger partial charge in [-0.05, 0) is 76.9 Å². The van der Waals surface area contributed by atoms with E-state index in [1.165, 1.54) is 4.88 Å². The molecule has 1 atom stereocenters. The molecule has 0 radical (unpaired) electrons. The van der Waals surface area contributed by atoms with Crippen LogP contribution in [0.3, 0.4) is 0 Å². The Labute approximate surface area is 207 Å². The number of rotatable bonds is 9. The molecule has 0 aliphatic rings. The highest BCUT2D eigenvalue weighted by molar-refractivity contribution is 7.09. The van der Waals surface area contributed by atoms with Gasteiger partial charge in [-0.1, -0.05) is 25.1 Å². The lowest BCUT2D eigenvalue weighted by molar-refractivity contribution is 0.162. The minimum absolute atomic E-state index is 0.0626. The van der Waals surface area contributed by atoms with Crippen molar-refractivity contribution in [1.29, 1.82) is 0 Å². The van der Waals surface area contributed by atoms with Crippen LogP contribution in [0.1, 0.15) is 52.5 Å². The maximum atomic E-state index is 13.2. The third-order valence-electron chi connectivity index (χ3n) is 6.51. The molecule has 0 bridgehead atoms. The zero-order chi connectivity index (χ0) is 24.4. The standard InChI is InChI=1S/C26H28N6O2S/c1-4-23(25-28-29-30-32(25)15-21-7-5-11-34-21)31(16-22-8-6-12-35-22)14-20-13-19-10-9-17(2)18(3)24(19)27-26(20)33/h5-13,23H,4,14-16H2,1-3H3,(H,27,33). The monoisotopic (exact) mass is 488 g/mol. The number of furan rings is 1. The second kappa shape index (κ2) is 9.97. The molecule has 0 saturated carbocycles. The van der Waals surface area contributed by atoms with Gasteiger partial charge in [0.1, 0.15) is 12.3 Å². The Bertz CT molecular complexity index is 1470. The molecule has 35 heavy (non-hydrogen) atoms. The first-order valence-electron chi connectivity index (χ1n) is 11.7. The quantitative estimate of drug-likeness (QED) is 0.314. The summed E-state index contributed by atoms with van der Waals surface area (Å²) in [6, 6.07) is 14.0. The molecule has 8 nitrogen and oxygen atoms in total. The maximum absolute atomic E-state index is 13.2. The largest absolute Gasteiger partial charge is 0.467 e. The van der Waals surface area contributed by atoms with E-state index in [-0.39, 0.29) is 11.6 Å². The van der Waals surface area contributed by atoms with E-state index in [9.17, 15) is 4.79 Å². The Balaban J connectivity index is 1.52. The van der Waals surface area contributed by atoms with Crippen molar-refractivity contribution >= 4 is 22.2 Å². The van der Waals surface area contributed by atoms with Gasteiger partial charge in [-0.3, -0.25) is 9.69 Å². The topological polar surface area (TPSA) is 92.8 Å². The Morgan fingerprint density at radius 1 is 1.17 bits per heavy atom. The first-order valence-corrected chi connectivity index (χ1v) is 12.6. The minimum atomic E-state index is -0.0862. The summed E-state index contributed by atoms with van der Waals surface area (Å²) in [7, 11) is 0. The molecule has 5 aromatic rings. The lowest BCUT2D eigenvalue weighted by atomic mass is 10.0. The van der Waals surface area contributed by atoms with Crippen LogP contribution in [0.5, 0.6) is 0 Å². The number of nitrogens with zero attached hydrogens (tertiary/aromatic N) is 5. The van der Waals surface area contributed by atoms with Gasteiger partial charge in [-0.15, -0.1) is 16.4 Å². The van der Waals surface area contributed by atoms with E-state index in [4.69, 9.17) is 4.42 Å². The third kappa shape index (κ3) is 4.82. The highest BCUT2D eigenvalue weighted by Crippen LogP contribution is 2.28. The molecule has 180 valence electrons. The van der Waals surface area contributed by atoms with Crippen molar-refractivity contribution in [1.82, 2.24) is 30.1 Å². The third-order valence-corrected chi connectivity index (χ3v) is 7.37. The lowest BCUT2D eigenvalue weighted by Gasteiger charge is -2.29. The number of aromatic amines is 1. The van der Waals surface area contributed by atoms with Gasteiger partial charge in [0.15, 0.2) is 5.82 Å². The number of tetrazole rings is 1. The number of hydrogen-bond acceptors (Lipinski definition) is 7. The molecule has 4 aromatic heterocycles. The number of aromatic nitrogens is 5. The van der Waals surface area contributed by atoms with Gasteiger partial charge in [0, 0.05) is 23.5 Å². The number of hydrogen-bond donors (Lipinski definition) is 1. The van der Waals surface area contributed by atoms with E-state index >= 15 is 0 Å². The van der Waals surface area contributed by atoms with Crippen molar-refractivity contribution in [2.45, 2.75) is 52.9 Å². The fraction of sp³-hybridized carbons (Fsp3) is 0.308. The summed E-state index contributed by atoms with van der Waals surface area (Å²) in [4.78, 5) is 19.8. The molecule has 1 N–H and O–H groups in total. The fourth-order valence-corrected chi connectivity index (χ4v) is 5.23. The predicted octanol–water partition coefficient (Wildman–Crippen LogP) is 4.99. The van der Waals surface area contributed by atoms with Crippen LogP contribution in [0, 0.1) is 13.8 Å². The van der Waals surface area contributed by atoms with E-state index in [1.54, 1.807) is 22.3 Å². The number of H-pyrrole nitrogens is 1. The van der Waals surface area contributed by atoms with E-state index in [2.05, 4.69) is 62.8 Å². The van der Waals surface area contributed by atoms with Gasteiger partial charge in [0.25, 0.3) is 5.56 Å². The molecule has 9 heteroatoms. The molecular weight excluding hydrogens is 460 g/mol. The zero-order valence-corrected chi connectivity index (χ0v) is 20.9. The molecular formula is C26H28N6O2S. The summed E-state index contributed by atoms with van der Waals surface area (Å²) in [6.07, 6.45) is 2.43. The number of benzene rings is 1. The second-order valence-electron chi connectivity index (χ2n) is 8.78. The summed E-state index contributed by atoms with van der Waals surface area (Å²) >= 11 is 1.70. The van der Waals surface area contributed by atoms with Crippen LogP contribution in [0.25, 0.3) is 10.9 Å². The number of fused-ring (bicyclic) bond motifs is 1. The van der Waals surface area contributed by atoms with Crippen LogP contribution in [-0.2, 0) is 19.6 Å². The highest BCUT2D eigenvalue weighted by atomic mass is 32.1. The van der Waals surface area contributed by atoms with Crippen molar-refractivity contribution in [3.05, 3.63) is 97.6 Å². The van der Waals surface area contributed by atoms with E-state index < -0.39 is 0 Å². The lowest BCUT2D eigenvalue weighted by Crippen LogP contribution is -2.32. The normalized spacial score (nSPS) is 12.6. The molecule has 0 saturated heterocycles. The second-order valence-corrected chi connectivity index (χ2v) is 9.81. The van der Waals surface area contributed by atoms with E-state index in [1.807, 2.05) is 31.2 Å². The van der Waals surface area contributed by atoms with Crippen LogP contribution in [0.4, 0.5) is 0 Å². The molecule has 1 unspecified atom stereocenters. The van der Waals surface area contributed by atoms with Crippen LogP contribution < -0.4 is 5.56 Å². The molecule has 0 spiro atoms. The first kappa shape index (κ1) is 23.2. The van der Waals surface area contributed by atoms with Gasteiger partial charge in [-0.25, -0.2) is 4.68 Å². The van der Waals surface area contributed by atoms with Crippen LogP contribution in [0.15, 0.2) is 63.3 Å². The zero-order valence-electron chi connectivity index (χ0n) is 20.1. The van der Waals surface area contributed by atoms with Crippen molar-refractivity contribution in [2.24, 2.45) is 0 Å². The maximum Gasteiger partial charge on any atom is 0.252 e. The summed E-state index contributed by atoms with van der Waals surface area (Å²) in [5.41, 5.74) is 3.83. The fourth-order valence-electron chi connectivity index (χ4n) is 4.50. The molecule has 0 fully saturated rings. The summed E-state index contributed by atoms with van der Waals surface area (Å²) in [5.74, 6) is 1.54. The molecule has 0 aliphatic heterocycles. The Hall–Kier alpha value is -3.56. The van der Waals surface area contributed by atoms with Crippen molar-refractivity contribution in [3.8, 4) is 0 Å². The SMILES string of the molecule is CCC(c1nnnn1Cc1ccco1)N(Cc1cccs1)Cc1cc2ccc(C)c(C)c2[nH]c1=O. The molecule has 1 aromatic carbocycles. The molecule has 0 amide bonds. The number of aryl methyl sites for hydroxylation is 2. The van der Waals surface area contributed by atoms with Crippen molar-refractivity contribution in [3.63, 3.8) is 0 Å². The number of nitrogens with one attached hydrogen (secondary N) is 1. The first-order chi connectivity index (χ1) is 17.0. The van der Waals surface area contributed by atoms with Crippen molar-refractivity contribution in [2.75, 3.05) is 0 Å². The van der Waals surface area contributed by atoms with Gasteiger partial charge in [0.05, 0.1) is 17.8 Å². The van der Waals surface area contributed by atoms with E-state index in [0.29, 0.717) is 19.6 Å². The molecule has 0 aliphatic carbocycles. The van der Waals surface area contributed by atoms with Gasteiger partial charge >= 0.3 is 0 Å². The number of pyridine rings is 1. The van der Waals surface area contributed by atoms with Gasteiger partial charge in [-0.2, -0.15) is 0 Å². The molecule has 4 heterocycles. The highest BCUT2D eigenvalue weighted by Gasteiger charge is 2.26. The Morgan fingerprint density at radius 2 is 2.06 bits per heavy atom. The Morgan fingerprint density at radius 3 is 2.80 bits per heavy atom. The average molecular weight is 489 g/mol. The molecule has 5 rings (SSSR count). The summed E-state index contributed by atoms with van der Waals surface area (Å²) < 4.78 is 7.30. The van der Waals surface area contributed by atoms with Crippen molar-refractivity contribution < 1.29 is 4.42 Å². The minimum Gasteiger partial charge on any atom is -0.467 e. The summed E-state index contributed by atoms with van der Waals surface area (Å²) in [6.45, 7) is 7.84. The smallest absolute Gasteiger partial charge is 0.252 e. The number of thiophene rings is 1. The Kier molecular flexibility index (Phi) is 6.61. The summed E-state index contributed by atoms with van der Waals surface area (Å²) in [5, 5.41) is 15.7. The van der Waals surface area contributed by atoms with E-state index in [0.717, 1.165) is 45.6 Å². The van der Waals surface area contributed by atoms with Gasteiger partial charge in [0.2, 0.25) is 0 Å². The van der Waals surface area contributed by atoms with Crippen LogP contribution in [0.2, 0.25) is 0 Å². The van der Waals surface area contributed by atoms with Crippen LogP contribution in [-0.4, -0.2) is 30.1 Å². The average Bonchev–Trinajstić information content (AvgIpc) is 3.63.